The van der Waals surface area contributed by atoms with Crippen molar-refractivity contribution < 1.29 is 23.8 Å². The maximum atomic E-state index is 12.7. The van der Waals surface area contributed by atoms with Gasteiger partial charge in [-0.05, 0) is 30.7 Å². The second-order valence-corrected chi connectivity index (χ2v) is 4.27. The highest BCUT2D eigenvalue weighted by atomic mass is 19.1. The SMILES string of the molecule is C#CCC(NC(=O)CCCOc1ccc(F)cc1)C(=O)O. The molecule has 0 saturated carbocycles. The number of hydrogen-bond acceptors (Lipinski definition) is 3. The van der Waals surface area contributed by atoms with Crippen LogP contribution in [0.4, 0.5) is 4.39 Å². The molecule has 0 saturated heterocycles. The minimum atomic E-state index is -1.16. The van der Waals surface area contributed by atoms with Gasteiger partial charge in [-0.25, -0.2) is 9.18 Å². The Kier molecular flexibility index (Phi) is 6.75. The van der Waals surface area contributed by atoms with Gasteiger partial charge in [0.15, 0.2) is 0 Å². The molecular formula is C15H16FNO4. The number of terminal acetylenes is 1. The predicted octanol–water partition coefficient (Wildman–Crippen LogP) is 1.58. The number of rotatable bonds is 8. The second-order valence-electron chi connectivity index (χ2n) is 4.27. The highest BCUT2D eigenvalue weighted by Crippen LogP contribution is 2.11. The second kappa shape index (κ2) is 8.59. The predicted molar refractivity (Wildman–Crippen MR) is 74.1 cm³/mol. The zero-order valence-electron chi connectivity index (χ0n) is 11.3. The maximum Gasteiger partial charge on any atom is 0.327 e. The zero-order valence-corrected chi connectivity index (χ0v) is 11.3. The van der Waals surface area contributed by atoms with Crippen molar-refractivity contribution in [2.24, 2.45) is 0 Å². The molecule has 21 heavy (non-hydrogen) atoms. The highest BCUT2D eigenvalue weighted by molar-refractivity contribution is 5.83. The Morgan fingerprint density at radius 2 is 2.05 bits per heavy atom. The van der Waals surface area contributed by atoms with Gasteiger partial charge in [0.25, 0.3) is 0 Å². The van der Waals surface area contributed by atoms with Gasteiger partial charge < -0.3 is 15.2 Å². The molecule has 5 nitrogen and oxygen atoms in total. The molecule has 1 amide bonds. The van der Waals surface area contributed by atoms with Gasteiger partial charge in [-0.2, -0.15) is 0 Å². The van der Waals surface area contributed by atoms with Crippen LogP contribution in [0.15, 0.2) is 24.3 Å². The number of carbonyl (C=O) groups excluding carboxylic acids is 1. The first-order chi connectivity index (χ1) is 10.0. The first-order valence-electron chi connectivity index (χ1n) is 6.37. The van der Waals surface area contributed by atoms with E-state index >= 15 is 0 Å². The number of hydrogen-bond donors (Lipinski definition) is 2. The fourth-order valence-electron chi connectivity index (χ4n) is 1.54. The first-order valence-corrected chi connectivity index (χ1v) is 6.37. The summed E-state index contributed by atoms with van der Waals surface area (Å²) in [7, 11) is 0. The molecule has 2 N–H and O–H groups in total. The van der Waals surface area contributed by atoms with Gasteiger partial charge in [-0.3, -0.25) is 4.79 Å². The summed E-state index contributed by atoms with van der Waals surface area (Å²) in [6.07, 6.45) is 5.49. The van der Waals surface area contributed by atoms with E-state index in [-0.39, 0.29) is 25.3 Å². The minimum absolute atomic E-state index is 0.0623. The summed E-state index contributed by atoms with van der Waals surface area (Å²) >= 11 is 0. The summed E-state index contributed by atoms with van der Waals surface area (Å²) < 4.78 is 18.0. The molecule has 0 aliphatic rings. The van der Waals surface area contributed by atoms with Crippen LogP contribution < -0.4 is 10.1 Å². The molecule has 0 aromatic heterocycles. The average molecular weight is 293 g/mol. The third-order valence-corrected chi connectivity index (χ3v) is 2.59. The van der Waals surface area contributed by atoms with E-state index in [2.05, 4.69) is 11.2 Å². The quantitative estimate of drug-likeness (QED) is 0.563. The summed E-state index contributed by atoms with van der Waals surface area (Å²) in [5, 5.41) is 11.2. The molecule has 0 radical (unpaired) electrons. The standard InChI is InChI=1S/C15H16FNO4/c1-2-4-13(15(19)20)17-14(18)5-3-10-21-12-8-6-11(16)7-9-12/h1,6-9,13H,3-5,10H2,(H,17,18)(H,19,20). The van der Waals surface area contributed by atoms with Crippen molar-refractivity contribution in [1.29, 1.82) is 0 Å². The van der Waals surface area contributed by atoms with Gasteiger partial charge in [-0.1, -0.05) is 0 Å². The summed E-state index contributed by atoms with van der Waals surface area (Å²) in [4.78, 5) is 22.3. The van der Waals surface area contributed by atoms with Crippen LogP contribution in [0.2, 0.25) is 0 Å². The Labute approximate surface area is 122 Å². The summed E-state index contributed by atoms with van der Waals surface area (Å²) in [5.74, 6) is 0.786. The molecular weight excluding hydrogens is 277 g/mol. The Morgan fingerprint density at radius 1 is 1.38 bits per heavy atom. The van der Waals surface area contributed by atoms with Gasteiger partial charge in [-0.15, -0.1) is 12.3 Å². The lowest BCUT2D eigenvalue weighted by Gasteiger charge is -2.11. The van der Waals surface area contributed by atoms with E-state index < -0.39 is 17.9 Å². The van der Waals surface area contributed by atoms with E-state index in [1.807, 2.05) is 0 Å². The third kappa shape index (κ3) is 6.43. The zero-order chi connectivity index (χ0) is 15.7. The Morgan fingerprint density at radius 3 is 2.62 bits per heavy atom. The van der Waals surface area contributed by atoms with Crippen LogP contribution in [0, 0.1) is 18.2 Å². The van der Waals surface area contributed by atoms with Crippen molar-refractivity contribution >= 4 is 11.9 Å². The van der Waals surface area contributed by atoms with Gasteiger partial charge in [0.2, 0.25) is 5.91 Å². The van der Waals surface area contributed by atoms with Crippen LogP contribution in [-0.4, -0.2) is 29.6 Å². The van der Waals surface area contributed by atoms with Crippen LogP contribution in [0.5, 0.6) is 5.75 Å². The molecule has 0 fully saturated rings. The lowest BCUT2D eigenvalue weighted by Crippen LogP contribution is -2.40. The molecule has 1 atom stereocenters. The first kappa shape index (κ1) is 16.5. The van der Waals surface area contributed by atoms with Crippen LogP contribution in [0.1, 0.15) is 19.3 Å². The van der Waals surface area contributed by atoms with E-state index in [1.54, 1.807) is 0 Å². The number of ether oxygens (including phenoxy) is 1. The van der Waals surface area contributed by atoms with Crippen LogP contribution in [-0.2, 0) is 9.59 Å². The molecule has 1 aromatic rings. The van der Waals surface area contributed by atoms with Crippen LogP contribution in [0.3, 0.4) is 0 Å². The van der Waals surface area contributed by atoms with Crippen molar-refractivity contribution in [3.05, 3.63) is 30.1 Å². The molecule has 0 aliphatic carbocycles. The van der Waals surface area contributed by atoms with Crippen LogP contribution in [0.25, 0.3) is 0 Å². The number of nitrogens with one attached hydrogen (secondary N) is 1. The molecule has 0 heterocycles. The molecule has 0 spiro atoms. The van der Waals surface area contributed by atoms with E-state index in [9.17, 15) is 14.0 Å². The molecule has 112 valence electrons. The number of amides is 1. The monoisotopic (exact) mass is 293 g/mol. The van der Waals surface area contributed by atoms with Crippen molar-refractivity contribution in [1.82, 2.24) is 5.32 Å². The fourth-order valence-corrected chi connectivity index (χ4v) is 1.54. The normalized spacial score (nSPS) is 11.2. The van der Waals surface area contributed by atoms with E-state index in [0.717, 1.165) is 0 Å². The third-order valence-electron chi connectivity index (χ3n) is 2.59. The average Bonchev–Trinajstić information content (AvgIpc) is 2.45. The van der Waals surface area contributed by atoms with Crippen molar-refractivity contribution in [2.75, 3.05) is 6.61 Å². The molecule has 1 aromatic carbocycles. The van der Waals surface area contributed by atoms with Gasteiger partial charge in [0, 0.05) is 12.8 Å². The van der Waals surface area contributed by atoms with Gasteiger partial charge in [0.05, 0.1) is 6.61 Å². The van der Waals surface area contributed by atoms with Crippen LogP contribution >= 0.6 is 0 Å². The van der Waals surface area contributed by atoms with Gasteiger partial charge >= 0.3 is 5.97 Å². The Hall–Kier alpha value is -2.55. The van der Waals surface area contributed by atoms with E-state index in [0.29, 0.717) is 12.2 Å². The molecule has 0 bridgehead atoms. The van der Waals surface area contributed by atoms with Crippen molar-refractivity contribution in [3.63, 3.8) is 0 Å². The molecule has 1 rings (SSSR count). The summed E-state index contributed by atoms with van der Waals surface area (Å²) in [5.41, 5.74) is 0. The molecule has 1 unspecified atom stereocenters. The summed E-state index contributed by atoms with van der Waals surface area (Å²) in [6, 6.07) is 4.46. The Bertz CT molecular complexity index is 521. The van der Waals surface area contributed by atoms with E-state index in [4.69, 9.17) is 16.3 Å². The van der Waals surface area contributed by atoms with Gasteiger partial charge in [0.1, 0.15) is 17.6 Å². The Balaban J connectivity index is 2.25. The van der Waals surface area contributed by atoms with Crippen molar-refractivity contribution in [3.8, 4) is 18.1 Å². The topological polar surface area (TPSA) is 75.6 Å². The summed E-state index contributed by atoms with van der Waals surface area (Å²) in [6.45, 7) is 0.270. The number of carboxylic acid groups (broad SMARTS) is 1. The number of halogens is 1. The number of benzene rings is 1. The molecule has 6 heteroatoms. The van der Waals surface area contributed by atoms with Crippen molar-refractivity contribution in [2.45, 2.75) is 25.3 Å². The number of carboxylic acids is 1. The smallest absolute Gasteiger partial charge is 0.327 e. The largest absolute Gasteiger partial charge is 0.494 e. The highest BCUT2D eigenvalue weighted by Gasteiger charge is 2.18. The number of aliphatic carboxylic acids is 1. The minimum Gasteiger partial charge on any atom is -0.494 e. The lowest BCUT2D eigenvalue weighted by molar-refractivity contribution is -0.141. The molecule has 0 aliphatic heterocycles. The maximum absolute atomic E-state index is 12.7. The number of carbonyl (C=O) groups is 2. The fraction of sp³-hybridized carbons (Fsp3) is 0.333. The lowest BCUT2D eigenvalue weighted by atomic mass is 10.2. The van der Waals surface area contributed by atoms with E-state index in [1.165, 1.54) is 24.3 Å².